The Bertz CT molecular complexity index is 616. The van der Waals surface area contributed by atoms with Crippen LogP contribution in [0.4, 0.5) is 0 Å². The normalized spacial score (nSPS) is 21.0. The predicted molar refractivity (Wildman–Crippen MR) is 89.9 cm³/mol. The molecule has 0 spiro atoms. The summed E-state index contributed by atoms with van der Waals surface area (Å²) < 4.78 is 0. The minimum Gasteiger partial charge on any atom is -0.351 e. The number of aliphatic imine (C=N–C) groups is 1. The first-order chi connectivity index (χ1) is 10.1. The van der Waals surface area contributed by atoms with Crippen LogP contribution in [0.15, 0.2) is 28.1 Å². The second-order valence-electron chi connectivity index (χ2n) is 4.99. The van der Waals surface area contributed by atoms with Crippen LogP contribution in [0.2, 0.25) is 10.0 Å². The third-order valence-electron chi connectivity index (χ3n) is 3.51. The molecule has 1 saturated heterocycles. The van der Waals surface area contributed by atoms with Gasteiger partial charge in [0.1, 0.15) is 0 Å². The fourth-order valence-corrected chi connectivity index (χ4v) is 3.85. The summed E-state index contributed by atoms with van der Waals surface area (Å²) in [5.41, 5.74) is 0.673. The van der Waals surface area contributed by atoms with Gasteiger partial charge in [-0.1, -0.05) is 29.3 Å². The van der Waals surface area contributed by atoms with E-state index in [2.05, 4.69) is 9.89 Å². The minimum absolute atomic E-state index is 0.212. The molecule has 0 N–H and O–H groups in total. The van der Waals surface area contributed by atoms with Crippen molar-refractivity contribution < 1.29 is 4.79 Å². The maximum atomic E-state index is 12.1. The van der Waals surface area contributed by atoms with Gasteiger partial charge < -0.3 is 4.90 Å². The minimum atomic E-state index is -0.212. The van der Waals surface area contributed by atoms with E-state index in [1.54, 1.807) is 24.3 Å². The largest absolute Gasteiger partial charge is 0.351 e. The van der Waals surface area contributed by atoms with Crippen LogP contribution in [-0.2, 0) is 4.79 Å². The average Bonchev–Trinajstić information content (AvgIpc) is 2.85. The SMILES string of the molecule is O=C1N=C(N2CCCCC2)S/C1=C\c1c(Cl)cccc1Cl. The lowest BCUT2D eigenvalue weighted by Gasteiger charge is -2.27. The van der Waals surface area contributed by atoms with E-state index >= 15 is 0 Å². The van der Waals surface area contributed by atoms with Crippen molar-refractivity contribution in [3.8, 4) is 0 Å². The van der Waals surface area contributed by atoms with E-state index < -0.39 is 0 Å². The Morgan fingerprint density at radius 3 is 2.48 bits per heavy atom. The number of halogens is 2. The standard InChI is InChI=1S/C15H14Cl2N2OS/c16-11-5-4-6-12(17)10(11)9-13-14(20)18-15(21-13)19-7-2-1-3-8-19/h4-6,9H,1-3,7-8H2/b13-9-. The molecule has 0 aliphatic carbocycles. The van der Waals surface area contributed by atoms with Crippen molar-refractivity contribution in [2.75, 3.05) is 13.1 Å². The molecular formula is C15H14Cl2N2OS. The summed E-state index contributed by atoms with van der Waals surface area (Å²) >= 11 is 13.7. The van der Waals surface area contributed by atoms with Crippen LogP contribution in [0.5, 0.6) is 0 Å². The fourth-order valence-electron chi connectivity index (χ4n) is 2.40. The number of nitrogens with zero attached hydrogens (tertiary/aromatic N) is 2. The molecule has 0 saturated carbocycles. The molecule has 1 fully saturated rings. The van der Waals surface area contributed by atoms with Gasteiger partial charge in [0.2, 0.25) is 0 Å². The highest BCUT2D eigenvalue weighted by molar-refractivity contribution is 8.18. The molecule has 6 heteroatoms. The van der Waals surface area contributed by atoms with E-state index in [0.717, 1.165) is 31.1 Å². The third-order valence-corrected chi connectivity index (χ3v) is 5.21. The Hall–Kier alpha value is -0.970. The number of thioether (sulfide) groups is 1. The summed E-state index contributed by atoms with van der Waals surface area (Å²) in [6.07, 6.45) is 5.30. The second kappa shape index (κ2) is 6.42. The highest BCUT2D eigenvalue weighted by Crippen LogP contribution is 2.34. The van der Waals surface area contributed by atoms with Crippen molar-refractivity contribution in [3.05, 3.63) is 38.7 Å². The van der Waals surface area contributed by atoms with E-state index in [9.17, 15) is 4.79 Å². The molecule has 3 nitrogen and oxygen atoms in total. The lowest BCUT2D eigenvalue weighted by molar-refractivity contribution is -0.113. The van der Waals surface area contributed by atoms with Crippen LogP contribution in [0.25, 0.3) is 6.08 Å². The number of piperidine rings is 1. The number of hydrogen-bond acceptors (Lipinski definition) is 3. The number of carbonyl (C=O) groups is 1. The quantitative estimate of drug-likeness (QED) is 0.708. The van der Waals surface area contributed by atoms with Crippen molar-refractivity contribution in [1.82, 2.24) is 4.90 Å². The molecular weight excluding hydrogens is 327 g/mol. The van der Waals surface area contributed by atoms with Crippen molar-refractivity contribution in [1.29, 1.82) is 0 Å². The molecule has 0 aromatic heterocycles. The van der Waals surface area contributed by atoms with Gasteiger partial charge in [-0.05, 0) is 49.2 Å². The van der Waals surface area contributed by atoms with Crippen molar-refractivity contribution in [2.45, 2.75) is 19.3 Å². The van der Waals surface area contributed by atoms with Gasteiger partial charge >= 0.3 is 0 Å². The van der Waals surface area contributed by atoms with Crippen molar-refractivity contribution >= 4 is 52.1 Å². The zero-order chi connectivity index (χ0) is 14.8. The number of carbonyl (C=O) groups excluding carboxylic acids is 1. The summed E-state index contributed by atoms with van der Waals surface area (Å²) in [7, 11) is 0. The molecule has 0 atom stereocenters. The Labute approximate surface area is 138 Å². The van der Waals surface area contributed by atoms with Crippen LogP contribution in [0, 0.1) is 0 Å². The molecule has 110 valence electrons. The molecule has 2 heterocycles. The van der Waals surface area contributed by atoms with Crippen molar-refractivity contribution in [2.24, 2.45) is 4.99 Å². The van der Waals surface area contributed by atoms with E-state index in [-0.39, 0.29) is 5.91 Å². The van der Waals surface area contributed by atoms with Gasteiger partial charge in [0.25, 0.3) is 5.91 Å². The van der Waals surface area contributed by atoms with Gasteiger partial charge in [0.15, 0.2) is 5.17 Å². The summed E-state index contributed by atoms with van der Waals surface area (Å²) in [6.45, 7) is 1.94. The maximum absolute atomic E-state index is 12.1. The third kappa shape index (κ3) is 3.28. The predicted octanol–water partition coefficient (Wildman–Crippen LogP) is 4.45. The van der Waals surface area contributed by atoms with E-state index in [1.165, 1.54) is 18.2 Å². The van der Waals surface area contributed by atoms with E-state index in [4.69, 9.17) is 23.2 Å². The number of rotatable bonds is 1. The number of benzene rings is 1. The van der Waals surface area contributed by atoms with E-state index in [0.29, 0.717) is 20.5 Å². The first-order valence-electron chi connectivity index (χ1n) is 6.86. The lowest BCUT2D eigenvalue weighted by atomic mass is 10.1. The average molecular weight is 341 g/mol. The van der Waals surface area contributed by atoms with Gasteiger partial charge in [-0.2, -0.15) is 4.99 Å². The Balaban J connectivity index is 1.82. The topological polar surface area (TPSA) is 32.7 Å². The first kappa shape index (κ1) is 14.9. The number of hydrogen-bond donors (Lipinski definition) is 0. The molecule has 1 amide bonds. The van der Waals surface area contributed by atoms with E-state index in [1.807, 2.05) is 0 Å². The van der Waals surface area contributed by atoms with Crippen LogP contribution in [0.1, 0.15) is 24.8 Å². The van der Waals surface area contributed by atoms with Gasteiger partial charge in [0, 0.05) is 28.7 Å². The molecule has 0 bridgehead atoms. The monoisotopic (exact) mass is 340 g/mol. The number of likely N-dealkylation sites (tertiary alicyclic amines) is 1. The molecule has 21 heavy (non-hydrogen) atoms. The zero-order valence-electron chi connectivity index (χ0n) is 11.3. The van der Waals surface area contributed by atoms with Crippen LogP contribution in [0.3, 0.4) is 0 Å². The Morgan fingerprint density at radius 1 is 1.14 bits per heavy atom. The molecule has 2 aliphatic rings. The molecule has 0 unspecified atom stereocenters. The highest BCUT2D eigenvalue weighted by atomic mass is 35.5. The maximum Gasteiger partial charge on any atom is 0.286 e. The summed E-state index contributed by atoms with van der Waals surface area (Å²) in [6, 6.07) is 5.30. The molecule has 0 radical (unpaired) electrons. The van der Waals surface area contributed by atoms with Crippen LogP contribution < -0.4 is 0 Å². The van der Waals surface area contributed by atoms with Gasteiger partial charge in [-0.15, -0.1) is 0 Å². The summed E-state index contributed by atoms with van der Waals surface area (Å²) in [5.74, 6) is -0.212. The molecule has 1 aromatic rings. The zero-order valence-corrected chi connectivity index (χ0v) is 13.6. The van der Waals surface area contributed by atoms with Gasteiger partial charge in [0.05, 0.1) is 4.91 Å². The Morgan fingerprint density at radius 2 is 1.81 bits per heavy atom. The smallest absolute Gasteiger partial charge is 0.286 e. The number of amidine groups is 1. The summed E-state index contributed by atoms with van der Waals surface area (Å²) in [5, 5.41) is 1.87. The van der Waals surface area contributed by atoms with Crippen LogP contribution in [-0.4, -0.2) is 29.1 Å². The van der Waals surface area contributed by atoms with Crippen molar-refractivity contribution in [3.63, 3.8) is 0 Å². The van der Waals surface area contributed by atoms with Gasteiger partial charge in [-0.3, -0.25) is 4.79 Å². The lowest BCUT2D eigenvalue weighted by Crippen LogP contribution is -2.33. The number of amides is 1. The molecule has 3 rings (SSSR count). The highest BCUT2D eigenvalue weighted by Gasteiger charge is 2.27. The summed E-state index contributed by atoms with van der Waals surface area (Å²) in [4.78, 5) is 19.0. The molecule has 1 aromatic carbocycles. The Kier molecular flexibility index (Phi) is 4.57. The second-order valence-corrected chi connectivity index (χ2v) is 6.82. The van der Waals surface area contributed by atoms with Gasteiger partial charge in [-0.25, -0.2) is 0 Å². The molecule has 2 aliphatic heterocycles. The van der Waals surface area contributed by atoms with Crippen LogP contribution >= 0.6 is 35.0 Å². The first-order valence-corrected chi connectivity index (χ1v) is 8.44. The fraction of sp³-hybridized carbons (Fsp3) is 0.333.